The van der Waals surface area contributed by atoms with E-state index in [1.807, 2.05) is 27.7 Å². The van der Waals surface area contributed by atoms with Crippen molar-refractivity contribution in [1.29, 1.82) is 0 Å². The summed E-state index contributed by atoms with van der Waals surface area (Å²) in [6.45, 7) is 11.0. The summed E-state index contributed by atoms with van der Waals surface area (Å²) in [5.74, 6) is -2.87. The van der Waals surface area contributed by atoms with Gasteiger partial charge in [0.2, 0.25) is 0 Å². The maximum atomic E-state index is 14.5. The lowest BCUT2D eigenvalue weighted by Gasteiger charge is -2.12. The number of hydrogen-bond acceptors (Lipinski definition) is 6. The van der Waals surface area contributed by atoms with E-state index < -0.39 is 17.5 Å². The SMILES string of the molecule is CC.Cc1ccc(Nc2c(-c3nnc(NCCNC(C)C)o3)ccc(F)c2F)c(F)c1. The second-order valence-electron chi connectivity index (χ2n) is 6.84. The Morgan fingerprint density at radius 2 is 1.71 bits per heavy atom. The molecule has 0 saturated heterocycles. The van der Waals surface area contributed by atoms with Crippen molar-refractivity contribution in [3.8, 4) is 11.5 Å². The molecule has 6 nitrogen and oxygen atoms in total. The van der Waals surface area contributed by atoms with E-state index in [-0.39, 0.29) is 28.8 Å². The van der Waals surface area contributed by atoms with Crippen LogP contribution in [-0.4, -0.2) is 29.3 Å². The van der Waals surface area contributed by atoms with Gasteiger partial charge in [0.1, 0.15) is 5.82 Å². The second-order valence-corrected chi connectivity index (χ2v) is 6.84. The van der Waals surface area contributed by atoms with Gasteiger partial charge in [0.15, 0.2) is 11.6 Å². The van der Waals surface area contributed by atoms with Crippen molar-refractivity contribution in [2.24, 2.45) is 0 Å². The Bertz CT molecular complexity index is 991. The Balaban J connectivity index is 0.00000166. The smallest absolute Gasteiger partial charge is 0.315 e. The molecular formula is C22H28F3N5O. The van der Waals surface area contributed by atoms with Crippen LogP contribution in [0, 0.1) is 24.4 Å². The van der Waals surface area contributed by atoms with E-state index in [0.717, 1.165) is 6.07 Å². The number of aryl methyl sites for hydroxylation is 1. The van der Waals surface area contributed by atoms with E-state index in [9.17, 15) is 13.2 Å². The molecule has 0 amide bonds. The number of anilines is 3. The Hall–Kier alpha value is -3.07. The molecule has 0 aliphatic rings. The van der Waals surface area contributed by atoms with E-state index in [1.165, 1.54) is 18.2 Å². The molecule has 0 unspecified atom stereocenters. The summed E-state index contributed by atoms with van der Waals surface area (Å²) >= 11 is 0. The molecule has 0 aliphatic heterocycles. The van der Waals surface area contributed by atoms with Crippen LogP contribution in [0.3, 0.4) is 0 Å². The number of hydrogen-bond donors (Lipinski definition) is 3. The van der Waals surface area contributed by atoms with Crippen LogP contribution in [0.1, 0.15) is 33.3 Å². The van der Waals surface area contributed by atoms with Crippen molar-refractivity contribution >= 4 is 17.4 Å². The van der Waals surface area contributed by atoms with Crippen LogP contribution in [-0.2, 0) is 0 Å². The van der Waals surface area contributed by atoms with Crippen LogP contribution < -0.4 is 16.0 Å². The number of benzene rings is 2. The van der Waals surface area contributed by atoms with Gasteiger partial charge in [-0.05, 0) is 36.8 Å². The Kier molecular flexibility index (Phi) is 8.87. The van der Waals surface area contributed by atoms with Crippen molar-refractivity contribution in [3.05, 3.63) is 53.3 Å². The molecule has 0 fully saturated rings. The van der Waals surface area contributed by atoms with Gasteiger partial charge in [-0.2, -0.15) is 0 Å². The normalized spacial score (nSPS) is 10.6. The molecular weight excluding hydrogens is 407 g/mol. The zero-order chi connectivity index (χ0) is 23.0. The first-order chi connectivity index (χ1) is 14.8. The Morgan fingerprint density at radius 1 is 0.968 bits per heavy atom. The van der Waals surface area contributed by atoms with Crippen LogP contribution in [0.15, 0.2) is 34.7 Å². The number of halogens is 3. The highest BCUT2D eigenvalue weighted by atomic mass is 19.2. The number of nitrogens with one attached hydrogen (secondary N) is 3. The van der Waals surface area contributed by atoms with Crippen molar-refractivity contribution in [2.75, 3.05) is 23.7 Å². The lowest BCUT2D eigenvalue weighted by Crippen LogP contribution is -2.28. The Labute approximate surface area is 180 Å². The zero-order valence-corrected chi connectivity index (χ0v) is 18.3. The molecule has 0 atom stereocenters. The third-order valence-corrected chi connectivity index (χ3v) is 4.09. The zero-order valence-electron chi connectivity index (χ0n) is 18.3. The van der Waals surface area contributed by atoms with E-state index >= 15 is 0 Å². The van der Waals surface area contributed by atoms with Gasteiger partial charge in [-0.1, -0.05) is 38.9 Å². The predicted molar refractivity (Wildman–Crippen MR) is 117 cm³/mol. The molecule has 3 rings (SSSR count). The molecule has 0 bridgehead atoms. The molecule has 3 aromatic rings. The monoisotopic (exact) mass is 435 g/mol. The highest BCUT2D eigenvalue weighted by Crippen LogP contribution is 2.34. The van der Waals surface area contributed by atoms with Gasteiger partial charge in [0.25, 0.3) is 5.89 Å². The van der Waals surface area contributed by atoms with Gasteiger partial charge in [-0.25, -0.2) is 13.2 Å². The second kappa shape index (κ2) is 11.4. The number of aromatic nitrogens is 2. The minimum Gasteiger partial charge on any atom is -0.403 e. The molecule has 31 heavy (non-hydrogen) atoms. The number of nitrogens with zero attached hydrogens (tertiary/aromatic N) is 2. The van der Waals surface area contributed by atoms with Gasteiger partial charge in [-0.15, -0.1) is 5.10 Å². The van der Waals surface area contributed by atoms with E-state index in [2.05, 4.69) is 26.1 Å². The molecule has 1 heterocycles. The third kappa shape index (κ3) is 6.45. The molecule has 3 N–H and O–H groups in total. The standard InChI is InChI=1S/C20H22F3N5O.C2H6/c1-11(2)24-8-9-25-20-28-27-19(29-20)13-5-6-14(21)17(23)18(13)26-16-7-4-12(3)10-15(16)22;1-2/h4-7,10-11,24,26H,8-9H2,1-3H3,(H,25,28);1-2H3. The van der Waals surface area contributed by atoms with Crippen LogP contribution >= 0.6 is 0 Å². The fourth-order valence-electron chi connectivity index (χ4n) is 2.64. The topological polar surface area (TPSA) is 75.0 Å². The maximum Gasteiger partial charge on any atom is 0.315 e. The van der Waals surface area contributed by atoms with E-state index in [0.29, 0.717) is 24.7 Å². The minimum atomic E-state index is -1.17. The van der Waals surface area contributed by atoms with Crippen LogP contribution in [0.25, 0.3) is 11.5 Å². The van der Waals surface area contributed by atoms with Gasteiger partial charge in [0.05, 0.1) is 16.9 Å². The third-order valence-electron chi connectivity index (χ3n) is 4.09. The van der Waals surface area contributed by atoms with E-state index in [1.54, 1.807) is 13.0 Å². The lowest BCUT2D eigenvalue weighted by atomic mass is 10.1. The summed E-state index contributed by atoms with van der Waals surface area (Å²) < 4.78 is 48.0. The molecule has 2 aromatic carbocycles. The molecule has 1 aromatic heterocycles. The first-order valence-electron chi connectivity index (χ1n) is 10.2. The fourth-order valence-corrected chi connectivity index (χ4v) is 2.64. The van der Waals surface area contributed by atoms with Gasteiger partial charge < -0.3 is 20.4 Å². The highest BCUT2D eigenvalue weighted by Gasteiger charge is 2.20. The first-order valence-corrected chi connectivity index (χ1v) is 10.2. The summed E-state index contributed by atoms with van der Waals surface area (Å²) in [4.78, 5) is 0. The average Bonchev–Trinajstić information content (AvgIpc) is 3.21. The molecule has 168 valence electrons. The lowest BCUT2D eigenvalue weighted by molar-refractivity contribution is 0.510. The van der Waals surface area contributed by atoms with Gasteiger partial charge in [0, 0.05) is 19.1 Å². The van der Waals surface area contributed by atoms with Crippen molar-refractivity contribution in [1.82, 2.24) is 15.5 Å². The van der Waals surface area contributed by atoms with Crippen LogP contribution in [0.2, 0.25) is 0 Å². The summed E-state index contributed by atoms with van der Waals surface area (Å²) in [5.41, 5.74) is 0.528. The minimum absolute atomic E-state index is 0.000950. The molecule has 0 radical (unpaired) electrons. The predicted octanol–water partition coefficient (Wildman–Crippen LogP) is 5.64. The summed E-state index contributed by atoms with van der Waals surface area (Å²) in [6.07, 6.45) is 0. The first kappa shape index (κ1) is 24.2. The van der Waals surface area contributed by atoms with Gasteiger partial charge in [-0.3, -0.25) is 0 Å². The molecule has 0 saturated carbocycles. The van der Waals surface area contributed by atoms with Crippen molar-refractivity contribution in [2.45, 2.75) is 40.7 Å². The fraction of sp³-hybridized carbons (Fsp3) is 0.364. The summed E-state index contributed by atoms with van der Waals surface area (Å²) in [7, 11) is 0. The molecule has 9 heteroatoms. The van der Waals surface area contributed by atoms with Gasteiger partial charge >= 0.3 is 6.01 Å². The van der Waals surface area contributed by atoms with Crippen LogP contribution in [0.5, 0.6) is 0 Å². The molecule has 0 spiro atoms. The van der Waals surface area contributed by atoms with E-state index in [4.69, 9.17) is 4.42 Å². The maximum absolute atomic E-state index is 14.5. The largest absolute Gasteiger partial charge is 0.403 e. The van der Waals surface area contributed by atoms with Crippen LogP contribution in [0.4, 0.5) is 30.6 Å². The summed E-state index contributed by atoms with van der Waals surface area (Å²) in [5, 5.41) is 16.5. The molecule has 0 aliphatic carbocycles. The quantitative estimate of drug-likeness (QED) is 0.398. The van der Waals surface area contributed by atoms with Crippen molar-refractivity contribution in [3.63, 3.8) is 0 Å². The summed E-state index contributed by atoms with van der Waals surface area (Å²) in [6, 6.07) is 7.12. The van der Waals surface area contributed by atoms with Crippen molar-refractivity contribution < 1.29 is 17.6 Å². The number of rotatable bonds is 8. The Morgan fingerprint density at radius 3 is 2.39 bits per heavy atom. The average molecular weight is 435 g/mol. The highest BCUT2D eigenvalue weighted by molar-refractivity contribution is 5.78.